The second kappa shape index (κ2) is 13.4. The zero-order valence-electron chi connectivity index (χ0n) is 23.9. The van der Waals surface area contributed by atoms with Gasteiger partial charge in [-0.3, -0.25) is 4.57 Å². The largest absolute Gasteiger partial charge is 0.497 e. The summed E-state index contributed by atoms with van der Waals surface area (Å²) < 4.78 is 25.8. The smallest absolute Gasteiger partial charge is 0.247 e. The quantitative estimate of drug-likeness (QED) is 0.185. The molecule has 5 aromatic rings. The van der Waals surface area contributed by atoms with E-state index in [-0.39, 0.29) is 19.9 Å². The first kappa shape index (κ1) is 29.0. The summed E-state index contributed by atoms with van der Waals surface area (Å²) in [4.78, 5) is 13.3. The molecule has 0 radical (unpaired) electrons. The Hall–Kier alpha value is -4.51. The number of anilines is 1. The Bertz CT molecular complexity index is 1520. The van der Waals surface area contributed by atoms with E-state index >= 15 is 0 Å². The molecule has 1 atom stereocenters. The molecule has 0 aliphatic carbocycles. The lowest BCUT2D eigenvalue weighted by Gasteiger charge is -2.37. The number of rotatable bonds is 14. The highest BCUT2D eigenvalue weighted by Gasteiger charge is 2.38. The minimum absolute atomic E-state index is 0.0863. The SMILES string of the molecule is CCOc1nc(NC)nc2c1ncn2COC(CO)COC(c1ccccc1)(c1ccccc1)c1ccc(OC)cc1. The van der Waals surface area contributed by atoms with E-state index in [1.807, 2.05) is 91.9 Å². The fraction of sp³-hybridized carbons (Fsp3) is 0.281. The first-order valence-corrected chi connectivity index (χ1v) is 13.8. The Kier molecular flexibility index (Phi) is 9.28. The summed E-state index contributed by atoms with van der Waals surface area (Å²) in [5.74, 6) is 1.54. The van der Waals surface area contributed by atoms with Gasteiger partial charge in [0.15, 0.2) is 11.2 Å². The molecule has 0 fully saturated rings. The molecule has 5 rings (SSSR count). The lowest BCUT2D eigenvalue weighted by molar-refractivity contribution is -0.0970. The fourth-order valence-electron chi connectivity index (χ4n) is 4.84. The van der Waals surface area contributed by atoms with Crippen LogP contribution in [0.1, 0.15) is 23.6 Å². The highest BCUT2D eigenvalue weighted by molar-refractivity contribution is 5.77. The molecule has 10 heteroatoms. The van der Waals surface area contributed by atoms with Crippen LogP contribution in [-0.4, -0.2) is 64.7 Å². The van der Waals surface area contributed by atoms with Crippen molar-refractivity contribution in [1.82, 2.24) is 19.5 Å². The highest BCUT2D eigenvalue weighted by Crippen LogP contribution is 2.41. The minimum Gasteiger partial charge on any atom is -0.497 e. The van der Waals surface area contributed by atoms with E-state index in [1.165, 1.54) is 0 Å². The van der Waals surface area contributed by atoms with Crippen molar-refractivity contribution in [3.05, 3.63) is 108 Å². The normalized spacial score (nSPS) is 12.3. The molecule has 0 saturated heterocycles. The van der Waals surface area contributed by atoms with Crippen LogP contribution >= 0.6 is 0 Å². The van der Waals surface area contributed by atoms with Crippen molar-refractivity contribution >= 4 is 17.1 Å². The van der Waals surface area contributed by atoms with Crippen molar-refractivity contribution in [3.8, 4) is 11.6 Å². The highest BCUT2D eigenvalue weighted by atomic mass is 16.6. The maximum Gasteiger partial charge on any atom is 0.247 e. The molecule has 3 aromatic carbocycles. The lowest BCUT2D eigenvalue weighted by Crippen LogP contribution is -2.37. The second-order valence-corrected chi connectivity index (χ2v) is 9.48. The molecule has 218 valence electrons. The molecule has 0 spiro atoms. The van der Waals surface area contributed by atoms with Crippen LogP contribution in [0.5, 0.6) is 11.6 Å². The average molecular weight is 570 g/mol. The number of fused-ring (bicyclic) bond motifs is 1. The van der Waals surface area contributed by atoms with Gasteiger partial charge in [0.05, 0.1) is 33.3 Å². The van der Waals surface area contributed by atoms with E-state index < -0.39 is 11.7 Å². The van der Waals surface area contributed by atoms with Gasteiger partial charge in [-0.25, -0.2) is 4.98 Å². The van der Waals surface area contributed by atoms with Crippen molar-refractivity contribution in [1.29, 1.82) is 0 Å². The van der Waals surface area contributed by atoms with Gasteiger partial charge in [-0.1, -0.05) is 72.8 Å². The molecule has 0 aliphatic rings. The Balaban J connectivity index is 1.45. The molecule has 0 bridgehead atoms. The molecule has 0 aliphatic heterocycles. The van der Waals surface area contributed by atoms with E-state index in [1.54, 1.807) is 25.1 Å². The molecule has 2 heterocycles. The molecule has 1 unspecified atom stereocenters. The Morgan fingerprint density at radius 2 is 1.55 bits per heavy atom. The number of aliphatic hydroxyl groups is 1. The predicted molar refractivity (Wildman–Crippen MR) is 160 cm³/mol. The van der Waals surface area contributed by atoms with Crippen molar-refractivity contribution in [2.75, 3.05) is 39.3 Å². The summed E-state index contributed by atoms with van der Waals surface area (Å²) in [5.41, 5.74) is 2.91. The third-order valence-corrected chi connectivity index (χ3v) is 6.93. The third-order valence-electron chi connectivity index (χ3n) is 6.93. The van der Waals surface area contributed by atoms with Gasteiger partial charge in [0.2, 0.25) is 11.8 Å². The summed E-state index contributed by atoms with van der Waals surface area (Å²) in [6.07, 6.45) is 0.969. The molecular formula is C32H35N5O5. The fourth-order valence-corrected chi connectivity index (χ4v) is 4.84. The molecular weight excluding hydrogens is 534 g/mol. The number of imidazole rings is 1. The zero-order valence-corrected chi connectivity index (χ0v) is 23.9. The van der Waals surface area contributed by atoms with Gasteiger partial charge in [0.25, 0.3) is 0 Å². The first-order valence-electron chi connectivity index (χ1n) is 13.8. The first-order chi connectivity index (χ1) is 20.6. The minimum atomic E-state index is -0.978. The number of methoxy groups -OCH3 is 1. The van der Waals surface area contributed by atoms with Crippen molar-refractivity contribution in [2.45, 2.75) is 25.4 Å². The monoisotopic (exact) mass is 569 g/mol. The van der Waals surface area contributed by atoms with Gasteiger partial charge in [-0.15, -0.1) is 0 Å². The van der Waals surface area contributed by atoms with E-state index in [9.17, 15) is 5.11 Å². The van der Waals surface area contributed by atoms with Crippen molar-refractivity contribution in [3.63, 3.8) is 0 Å². The van der Waals surface area contributed by atoms with Crippen LogP contribution in [-0.2, 0) is 21.8 Å². The number of ether oxygens (including phenoxy) is 4. The van der Waals surface area contributed by atoms with E-state index in [0.717, 1.165) is 22.4 Å². The maximum absolute atomic E-state index is 10.3. The van der Waals surface area contributed by atoms with Crippen LogP contribution in [0.3, 0.4) is 0 Å². The van der Waals surface area contributed by atoms with Crippen LogP contribution in [0.2, 0.25) is 0 Å². The molecule has 0 saturated carbocycles. The van der Waals surface area contributed by atoms with Crippen LogP contribution in [0.15, 0.2) is 91.3 Å². The number of nitrogens with zero attached hydrogens (tertiary/aromatic N) is 4. The number of hydrogen-bond donors (Lipinski definition) is 2. The van der Waals surface area contributed by atoms with E-state index in [2.05, 4.69) is 20.3 Å². The van der Waals surface area contributed by atoms with Gasteiger partial charge in [0.1, 0.15) is 24.2 Å². The van der Waals surface area contributed by atoms with Crippen LogP contribution in [0, 0.1) is 0 Å². The predicted octanol–water partition coefficient (Wildman–Crippen LogP) is 4.62. The Morgan fingerprint density at radius 1 is 0.905 bits per heavy atom. The number of hydrogen-bond acceptors (Lipinski definition) is 9. The third kappa shape index (κ3) is 5.91. The van der Waals surface area contributed by atoms with Gasteiger partial charge >= 0.3 is 0 Å². The van der Waals surface area contributed by atoms with Gasteiger partial charge in [0, 0.05) is 7.05 Å². The Morgan fingerprint density at radius 3 is 2.12 bits per heavy atom. The molecule has 2 aromatic heterocycles. The molecule has 0 amide bonds. The van der Waals surface area contributed by atoms with E-state index in [0.29, 0.717) is 29.6 Å². The van der Waals surface area contributed by atoms with Crippen LogP contribution in [0.25, 0.3) is 11.2 Å². The molecule has 2 N–H and O–H groups in total. The number of aliphatic hydroxyl groups excluding tert-OH is 1. The topological polar surface area (TPSA) is 113 Å². The summed E-state index contributed by atoms with van der Waals surface area (Å²) in [6.45, 7) is 2.26. The standard InChI is InChI=1S/C32H35N5O5/c1-4-40-30-28-29(35-31(33-2)36-30)37(21-34-28)22-41-27(19-38)20-42-32(23-11-7-5-8-12-23,24-13-9-6-10-14-24)25-15-17-26(39-3)18-16-25/h5-18,21,27,38H,4,19-20,22H2,1-3H3,(H,33,35,36). The van der Waals surface area contributed by atoms with Crippen molar-refractivity contribution in [2.24, 2.45) is 0 Å². The summed E-state index contributed by atoms with van der Waals surface area (Å²) in [7, 11) is 3.38. The zero-order chi connectivity index (χ0) is 29.4. The van der Waals surface area contributed by atoms with Gasteiger partial charge in [-0.2, -0.15) is 9.97 Å². The van der Waals surface area contributed by atoms with Gasteiger partial charge in [-0.05, 0) is 35.7 Å². The Labute approximate surface area is 244 Å². The van der Waals surface area contributed by atoms with Crippen molar-refractivity contribution < 1.29 is 24.1 Å². The van der Waals surface area contributed by atoms with Crippen LogP contribution in [0.4, 0.5) is 5.95 Å². The molecule has 42 heavy (non-hydrogen) atoms. The summed E-state index contributed by atoms with van der Waals surface area (Å²) in [5, 5.41) is 13.3. The molecule has 10 nitrogen and oxygen atoms in total. The second-order valence-electron chi connectivity index (χ2n) is 9.48. The number of nitrogens with one attached hydrogen (secondary N) is 1. The summed E-state index contributed by atoms with van der Waals surface area (Å²) in [6, 6.07) is 27.9. The lowest BCUT2D eigenvalue weighted by atomic mass is 9.80. The summed E-state index contributed by atoms with van der Waals surface area (Å²) >= 11 is 0. The van der Waals surface area contributed by atoms with Gasteiger partial charge < -0.3 is 29.4 Å². The van der Waals surface area contributed by atoms with Crippen LogP contribution < -0.4 is 14.8 Å². The number of aromatic nitrogens is 4. The average Bonchev–Trinajstić information content (AvgIpc) is 3.47. The van der Waals surface area contributed by atoms with E-state index in [4.69, 9.17) is 18.9 Å². The number of benzene rings is 3. The maximum atomic E-state index is 10.3.